The first-order valence-corrected chi connectivity index (χ1v) is 11.2. The number of hydrogen-bond donors (Lipinski definition) is 0. The third-order valence-corrected chi connectivity index (χ3v) is 6.05. The van der Waals surface area contributed by atoms with Crippen molar-refractivity contribution in [2.24, 2.45) is 11.8 Å². The fraction of sp³-hybridized carbons (Fsp3) is 0.600. The second-order valence-corrected chi connectivity index (χ2v) is 8.35. The first kappa shape index (κ1) is 23.2. The molecule has 0 heterocycles. The molecule has 0 spiro atoms. The zero-order chi connectivity index (χ0) is 21.1. The lowest BCUT2D eigenvalue weighted by atomic mass is 9.80. The van der Waals surface area contributed by atoms with Gasteiger partial charge in [0.15, 0.2) is 0 Å². The summed E-state index contributed by atoms with van der Waals surface area (Å²) in [5, 5.41) is 0. The largest absolute Gasteiger partial charge is 0.426 e. The highest BCUT2D eigenvalue weighted by molar-refractivity contribution is 5.86. The van der Waals surface area contributed by atoms with E-state index in [0.717, 1.165) is 44.4 Å². The normalized spacial score (nSPS) is 18.8. The molecule has 1 aromatic rings. The van der Waals surface area contributed by atoms with E-state index in [-0.39, 0.29) is 17.8 Å². The van der Waals surface area contributed by atoms with Gasteiger partial charge in [-0.05, 0) is 68.2 Å². The Hall–Kier alpha value is -2.10. The smallest absolute Gasteiger partial charge is 0.314 e. The third-order valence-electron chi connectivity index (χ3n) is 6.05. The van der Waals surface area contributed by atoms with Gasteiger partial charge in [-0.3, -0.25) is 9.59 Å². The maximum Gasteiger partial charge on any atom is 0.314 e. The van der Waals surface area contributed by atoms with E-state index in [0.29, 0.717) is 12.3 Å². The minimum absolute atomic E-state index is 0.0510. The average molecular weight is 400 g/mol. The Labute approximate surface area is 176 Å². The molecule has 2 rings (SSSR count). The molecule has 1 aliphatic rings. The monoisotopic (exact) mass is 399 g/mol. The Morgan fingerprint density at radius 2 is 1.79 bits per heavy atom. The van der Waals surface area contributed by atoms with Crippen LogP contribution in [0.1, 0.15) is 70.3 Å². The van der Waals surface area contributed by atoms with Crippen LogP contribution in [-0.4, -0.2) is 30.4 Å². The van der Waals surface area contributed by atoms with E-state index in [9.17, 15) is 9.59 Å². The van der Waals surface area contributed by atoms with E-state index >= 15 is 0 Å². The highest BCUT2D eigenvalue weighted by Crippen LogP contribution is 2.33. The summed E-state index contributed by atoms with van der Waals surface area (Å²) in [6, 6.07) is 7.76. The standard InChI is InChI=1S/C25H37NO3/c1-4-6-7-9-20-11-15-22(16-12-20)25(28)29-23-17-13-21(14-18-23)10-8-19-26(3)24(27)5-2/h5,13-14,17-18,20,22H,2,4,6-12,15-16,19H2,1,3H3. The maximum absolute atomic E-state index is 12.5. The first-order chi connectivity index (χ1) is 14.0. The van der Waals surface area contributed by atoms with Gasteiger partial charge >= 0.3 is 5.97 Å². The lowest BCUT2D eigenvalue weighted by molar-refractivity contribution is -0.140. The number of amides is 1. The molecular weight excluding hydrogens is 362 g/mol. The molecule has 160 valence electrons. The Morgan fingerprint density at radius 1 is 1.10 bits per heavy atom. The molecule has 1 aromatic carbocycles. The highest BCUT2D eigenvalue weighted by Gasteiger charge is 2.27. The van der Waals surface area contributed by atoms with E-state index in [1.54, 1.807) is 11.9 Å². The topological polar surface area (TPSA) is 46.6 Å². The predicted octanol–water partition coefficient (Wildman–Crippen LogP) is 5.56. The van der Waals surface area contributed by atoms with Gasteiger partial charge in [0.25, 0.3) is 0 Å². The van der Waals surface area contributed by atoms with Crippen molar-refractivity contribution in [1.82, 2.24) is 4.90 Å². The molecule has 4 heteroatoms. The van der Waals surface area contributed by atoms with Crippen LogP contribution < -0.4 is 4.74 Å². The molecule has 1 amide bonds. The number of rotatable bonds is 11. The minimum Gasteiger partial charge on any atom is -0.426 e. The number of benzene rings is 1. The summed E-state index contributed by atoms with van der Waals surface area (Å²) in [5.41, 5.74) is 1.18. The number of carbonyl (C=O) groups excluding carboxylic acids is 2. The Morgan fingerprint density at radius 3 is 2.41 bits per heavy atom. The molecule has 1 saturated carbocycles. The van der Waals surface area contributed by atoms with Crippen molar-refractivity contribution in [2.75, 3.05) is 13.6 Å². The van der Waals surface area contributed by atoms with Crippen LogP contribution in [0, 0.1) is 11.8 Å². The molecular formula is C25H37NO3. The molecule has 0 atom stereocenters. The fourth-order valence-electron chi connectivity index (χ4n) is 4.08. The maximum atomic E-state index is 12.5. The predicted molar refractivity (Wildman–Crippen MR) is 118 cm³/mol. The summed E-state index contributed by atoms with van der Waals surface area (Å²) in [5.74, 6) is 1.35. The van der Waals surface area contributed by atoms with Gasteiger partial charge in [-0.2, -0.15) is 0 Å². The van der Waals surface area contributed by atoms with E-state index in [1.807, 2.05) is 24.3 Å². The van der Waals surface area contributed by atoms with Crippen LogP contribution in [0.25, 0.3) is 0 Å². The lowest BCUT2D eigenvalue weighted by Crippen LogP contribution is -2.26. The van der Waals surface area contributed by atoms with Gasteiger partial charge in [0.05, 0.1) is 5.92 Å². The van der Waals surface area contributed by atoms with Crippen LogP contribution in [0.2, 0.25) is 0 Å². The van der Waals surface area contributed by atoms with Gasteiger partial charge in [0.1, 0.15) is 5.75 Å². The molecule has 0 unspecified atom stereocenters. The van der Waals surface area contributed by atoms with Gasteiger partial charge in [-0.25, -0.2) is 0 Å². The summed E-state index contributed by atoms with van der Waals surface area (Å²) in [7, 11) is 1.78. The highest BCUT2D eigenvalue weighted by atomic mass is 16.5. The van der Waals surface area contributed by atoms with Crippen molar-refractivity contribution in [2.45, 2.75) is 71.1 Å². The number of ether oxygens (including phenoxy) is 1. The summed E-state index contributed by atoms with van der Waals surface area (Å²) >= 11 is 0. The summed E-state index contributed by atoms with van der Waals surface area (Å²) in [4.78, 5) is 25.6. The summed E-state index contributed by atoms with van der Waals surface area (Å²) < 4.78 is 5.63. The van der Waals surface area contributed by atoms with Gasteiger partial charge in [0, 0.05) is 13.6 Å². The molecule has 0 saturated heterocycles. The van der Waals surface area contributed by atoms with Crippen LogP contribution >= 0.6 is 0 Å². The van der Waals surface area contributed by atoms with Crippen molar-refractivity contribution < 1.29 is 14.3 Å². The number of aryl methyl sites for hydroxylation is 1. The number of carbonyl (C=O) groups is 2. The van der Waals surface area contributed by atoms with Gasteiger partial charge in [-0.1, -0.05) is 51.3 Å². The summed E-state index contributed by atoms with van der Waals surface area (Å²) in [6.45, 7) is 6.44. The van der Waals surface area contributed by atoms with Crippen LogP contribution in [0.3, 0.4) is 0 Å². The number of unbranched alkanes of at least 4 members (excludes halogenated alkanes) is 2. The van der Waals surface area contributed by atoms with Crippen molar-refractivity contribution in [3.8, 4) is 5.75 Å². The molecule has 0 bridgehead atoms. The minimum atomic E-state index is -0.0747. The molecule has 4 nitrogen and oxygen atoms in total. The van der Waals surface area contributed by atoms with E-state index < -0.39 is 0 Å². The number of likely N-dealkylation sites (N-methyl/N-ethyl adjacent to an activating group) is 1. The van der Waals surface area contributed by atoms with Crippen molar-refractivity contribution in [3.05, 3.63) is 42.5 Å². The Kier molecular flexibility index (Phi) is 9.96. The number of esters is 1. The van der Waals surface area contributed by atoms with Crippen LogP contribution in [0.4, 0.5) is 0 Å². The molecule has 0 aromatic heterocycles. The van der Waals surface area contributed by atoms with E-state index in [2.05, 4.69) is 13.5 Å². The van der Waals surface area contributed by atoms with Crippen molar-refractivity contribution in [1.29, 1.82) is 0 Å². The molecule has 1 fully saturated rings. The van der Waals surface area contributed by atoms with Gasteiger partial charge in [0.2, 0.25) is 5.91 Å². The Bertz CT molecular complexity index is 645. The summed E-state index contributed by atoms with van der Waals surface area (Å²) in [6.07, 6.45) is 12.6. The first-order valence-electron chi connectivity index (χ1n) is 11.2. The molecule has 0 N–H and O–H groups in total. The van der Waals surface area contributed by atoms with Crippen LogP contribution in [-0.2, 0) is 16.0 Å². The molecule has 1 aliphatic carbocycles. The SMILES string of the molecule is C=CC(=O)N(C)CCCc1ccc(OC(=O)C2CCC(CCCCC)CC2)cc1. The number of nitrogens with zero attached hydrogens (tertiary/aromatic N) is 1. The molecule has 0 radical (unpaired) electrons. The van der Waals surface area contributed by atoms with E-state index in [1.165, 1.54) is 37.3 Å². The third kappa shape index (κ3) is 8.04. The molecule has 0 aliphatic heterocycles. The van der Waals surface area contributed by atoms with Gasteiger partial charge in [-0.15, -0.1) is 0 Å². The molecule has 29 heavy (non-hydrogen) atoms. The van der Waals surface area contributed by atoms with Gasteiger partial charge < -0.3 is 9.64 Å². The second kappa shape index (κ2) is 12.5. The quantitative estimate of drug-likeness (QED) is 0.212. The lowest BCUT2D eigenvalue weighted by Gasteiger charge is -2.27. The Balaban J connectivity index is 1.70. The van der Waals surface area contributed by atoms with Crippen LogP contribution in [0.15, 0.2) is 36.9 Å². The number of hydrogen-bond acceptors (Lipinski definition) is 3. The second-order valence-electron chi connectivity index (χ2n) is 8.35. The fourth-order valence-corrected chi connectivity index (χ4v) is 4.08. The van der Waals surface area contributed by atoms with Crippen LogP contribution in [0.5, 0.6) is 5.75 Å². The zero-order valence-electron chi connectivity index (χ0n) is 18.2. The average Bonchev–Trinajstić information content (AvgIpc) is 2.75. The zero-order valence-corrected chi connectivity index (χ0v) is 18.2. The van der Waals surface area contributed by atoms with Crippen molar-refractivity contribution >= 4 is 11.9 Å². The van der Waals surface area contributed by atoms with E-state index in [4.69, 9.17) is 4.74 Å². The van der Waals surface area contributed by atoms with Crippen molar-refractivity contribution in [3.63, 3.8) is 0 Å².